The summed E-state index contributed by atoms with van der Waals surface area (Å²) >= 11 is 1.41. The number of thiophene rings is 1. The predicted octanol–water partition coefficient (Wildman–Crippen LogP) is 2.03. The van der Waals surface area contributed by atoms with Crippen molar-refractivity contribution in [2.24, 2.45) is 0 Å². The first-order valence-electron chi connectivity index (χ1n) is 4.82. The van der Waals surface area contributed by atoms with Gasteiger partial charge in [-0.15, -0.1) is 0 Å². The zero-order valence-electron chi connectivity index (χ0n) is 9.15. The fourth-order valence-electron chi connectivity index (χ4n) is 1.06. The number of ether oxygens (including phenoxy) is 1. The second-order valence-electron chi connectivity index (χ2n) is 3.00. The van der Waals surface area contributed by atoms with Crippen LogP contribution in [0.1, 0.15) is 29.8 Å². The lowest BCUT2D eigenvalue weighted by molar-refractivity contribution is -0.118. The van der Waals surface area contributed by atoms with Crippen LogP contribution in [0.25, 0.3) is 6.08 Å². The normalized spacial score (nSPS) is 10.4. The lowest BCUT2D eigenvalue weighted by Gasteiger charge is -2.00. The molecular formula is C11H13NO3S. The van der Waals surface area contributed by atoms with Crippen molar-refractivity contribution in [3.8, 4) is 0 Å². The van der Waals surface area contributed by atoms with Gasteiger partial charge in [0.1, 0.15) is 0 Å². The van der Waals surface area contributed by atoms with Gasteiger partial charge in [0, 0.05) is 24.1 Å². The summed E-state index contributed by atoms with van der Waals surface area (Å²) < 4.78 is 4.90. The van der Waals surface area contributed by atoms with E-state index in [0.717, 1.165) is 5.56 Å². The maximum Gasteiger partial charge on any atom is 0.339 e. The van der Waals surface area contributed by atoms with Gasteiger partial charge in [-0.3, -0.25) is 4.79 Å². The molecule has 1 heterocycles. The zero-order valence-corrected chi connectivity index (χ0v) is 9.97. The molecular weight excluding hydrogens is 226 g/mol. The summed E-state index contributed by atoms with van der Waals surface area (Å²) in [7, 11) is 0. The van der Waals surface area contributed by atoms with E-state index < -0.39 is 0 Å². The molecule has 1 aromatic heterocycles. The van der Waals surface area contributed by atoms with Crippen LogP contribution in [0.4, 0.5) is 0 Å². The molecule has 0 saturated heterocycles. The number of esters is 1. The Morgan fingerprint density at radius 3 is 2.88 bits per heavy atom. The van der Waals surface area contributed by atoms with Crippen LogP contribution < -0.4 is 5.32 Å². The van der Waals surface area contributed by atoms with Crippen LogP contribution in [0.2, 0.25) is 0 Å². The first kappa shape index (κ1) is 12.4. The minimum absolute atomic E-state index is 0.149. The van der Waals surface area contributed by atoms with E-state index in [2.05, 4.69) is 5.32 Å². The third kappa shape index (κ3) is 3.51. The summed E-state index contributed by atoms with van der Waals surface area (Å²) in [5.41, 5.74) is 1.27. The van der Waals surface area contributed by atoms with Gasteiger partial charge >= 0.3 is 5.97 Å². The van der Waals surface area contributed by atoms with Gasteiger partial charge < -0.3 is 10.1 Å². The fraction of sp³-hybridized carbons (Fsp3) is 0.273. The third-order valence-electron chi connectivity index (χ3n) is 1.74. The summed E-state index contributed by atoms with van der Waals surface area (Å²) in [6.45, 7) is 3.53. The van der Waals surface area contributed by atoms with Crippen molar-refractivity contribution in [2.75, 3.05) is 6.61 Å². The van der Waals surface area contributed by atoms with E-state index in [-0.39, 0.29) is 11.9 Å². The van der Waals surface area contributed by atoms with E-state index in [1.54, 1.807) is 18.4 Å². The number of hydrogen-bond acceptors (Lipinski definition) is 4. The van der Waals surface area contributed by atoms with E-state index in [1.165, 1.54) is 24.5 Å². The summed E-state index contributed by atoms with van der Waals surface area (Å²) in [5.74, 6) is -0.490. The predicted molar refractivity (Wildman–Crippen MR) is 63.1 cm³/mol. The molecule has 16 heavy (non-hydrogen) atoms. The highest BCUT2D eigenvalue weighted by Crippen LogP contribution is 2.17. The first-order chi connectivity index (χ1) is 7.65. The van der Waals surface area contributed by atoms with Gasteiger partial charge in [0.15, 0.2) is 0 Å². The molecule has 0 spiro atoms. The van der Waals surface area contributed by atoms with Gasteiger partial charge in [-0.2, -0.15) is 11.3 Å². The highest BCUT2D eigenvalue weighted by molar-refractivity contribution is 7.08. The van der Waals surface area contributed by atoms with Crippen LogP contribution in [0, 0.1) is 0 Å². The molecule has 5 heteroatoms. The minimum Gasteiger partial charge on any atom is -0.462 e. The Balaban J connectivity index is 2.74. The Morgan fingerprint density at radius 1 is 1.50 bits per heavy atom. The van der Waals surface area contributed by atoms with Crippen molar-refractivity contribution in [1.29, 1.82) is 0 Å². The SMILES string of the molecule is CCOC(=O)c1cscc1C=CNC(C)=O. The Bertz CT molecular complexity index is 409. The zero-order chi connectivity index (χ0) is 12.0. The number of carbonyl (C=O) groups is 2. The van der Waals surface area contributed by atoms with E-state index in [4.69, 9.17) is 4.74 Å². The first-order valence-corrected chi connectivity index (χ1v) is 5.76. The molecule has 0 aliphatic heterocycles. The Morgan fingerprint density at radius 2 is 2.25 bits per heavy atom. The van der Waals surface area contributed by atoms with Crippen LogP contribution in [-0.4, -0.2) is 18.5 Å². The van der Waals surface area contributed by atoms with Gasteiger partial charge in [-0.05, 0) is 18.4 Å². The average Bonchev–Trinajstić information content (AvgIpc) is 2.66. The third-order valence-corrected chi connectivity index (χ3v) is 2.50. The molecule has 0 saturated carbocycles. The fourth-order valence-corrected chi connectivity index (χ4v) is 1.85. The van der Waals surface area contributed by atoms with E-state index >= 15 is 0 Å². The summed E-state index contributed by atoms with van der Waals surface area (Å²) in [6, 6.07) is 0. The molecule has 1 aromatic rings. The van der Waals surface area contributed by atoms with Gasteiger partial charge in [0.25, 0.3) is 0 Å². The Kier molecular flexibility index (Phi) is 4.72. The molecule has 0 atom stereocenters. The van der Waals surface area contributed by atoms with Gasteiger partial charge in [-0.1, -0.05) is 0 Å². The van der Waals surface area contributed by atoms with Crippen molar-refractivity contribution in [3.05, 3.63) is 28.1 Å². The van der Waals surface area contributed by atoms with Crippen LogP contribution in [0.5, 0.6) is 0 Å². The van der Waals surface area contributed by atoms with Crippen molar-refractivity contribution < 1.29 is 14.3 Å². The lowest BCUT2D eigenvalue weighted by Crippen LogP contribution is -2.11. The second-order valence-corrected chi connectivity index (χ2v) is 3.74. The van der Waals surface area contributed by atoms with E-state index in [0.29, 0.717) is 12.2 Å². The molecule has 0 fully saturated rings. The number of rotatable bonds is 4. The van der Waals surface area contributed by atoms with E-state index in [1.807, 2.05) is 5.38 Å². The topological polar surface area (TPSA) is 55.4 Å². The molecule has 0 unspecified atom stereocenters. The maximum atomic E-state index is 11.5. The van der Waals surface area contributed by atoms with Crippen molar-refractivity contribution in [1.82, 2.24) is 5.32 Å². The number of amides is 1. The van der Waals surface area contributed by atoms with Crippen LogP contribution >= 0.6 is 11.3 Å². The highest BCUT2D eigenvalue weighted by atomic mass is 32.1. The number of nitrogens with one attached hydrogen (secondary N) is 1. The molecule has 1 rings (SSSR count). The molecule has 0 radical (unpaired) electrons. The standard InChI is InChI=1S/C11H13NO3S/c1-3-15-11(14)10-7-16-6-9(10)4-5-12-8(2)13/h4-7H,3H2,1-2H3,(H,12,13). The number of carbonyl (C=O) groups excluding carboxylic acids is 2. The largest absolute Gasteiger partial charge is 0.462 e. The van der Waals surface area contributed by atoms with Crippen LogP contribution in [0.15, 0.2) is 17.0 Å². The lowest BCUT2D eigenvalue weighted by atomic mass is 10.2. The van der Waals surface area contributed by atoms with E-state index in [9.17, 15) is 9.59 Å². The molecule has 4 nitrogen and oxygen atoms in total. The highest BCUT2D eigenvalue weighted by Gasteiger charge is 2.11. The van der Waals surface area contributed by atoms with Crippen molar-refractivity contribution in [2.45, 2.75) is 13.8 Å². The second kappa shape index (κ2) is 6.07. The number of hydrogen-bond donors (Lipinski definition) is 1. The van der Waals surface area contributed by atoms with Crippen LogP contribution in [-0.2, 0) is 9.53 Å². The monoisotopic (exact) mass is 239 g/mol. The average molecular weight is 239 g/mol. The van der Waals surface area contributed by atoms with Crippen LogP contribution in [0.3, 0.4) is 0 Å². The maximum absolute atomic E-state index is 11.5. The molecule has 1 amide bonds. The summed E-state index contributed by atoms with van der Waals surface area (Å²) in [5, 5.41) is 6.07. The van der Waals surface area contributed by atoms with Crippen molar-refractivity contribution >= 4 is 29.3 Å². The Labute approximate surface area is 97.9 Å². The molecule has 1 N–H and O–H groups in total. The molecule has 0 bridgehead atoms. The molecule has 86 valence electrons. The molecule has 0 aliphatic carbocycles. The molecule has 0 aliphatic rings. The van der Waals surface area contributed by atoms with Gasteiger partial charge in [0.2, 0.25) is 5.91 Å². The quantitative estimate of drug-likeness (QED) is 0.818. The van der Waals surface area contributed by atoms with Gasteiger partial charge in [0.05, 0.1) is 12.2 Å². The van der Waals surface area contributed by atoms with Crippen molar-refractivity contribution in [3.63, 3.8) is 0 Å². The van der Waals surface area contributed by atoms with Gasteiger partial charge in [-0.25, -0.2) is 4.79 Å². The minimum atomic E-state index is -0.341. The summed E-state index contributed by atoms with van der Waals surface area (Å²) in [4.78, 5) is 22.1. The molecule has 0 aromatic carbocycles. The smallest absolute Gasteiger partial charge is 0.339 e. The summed E-state index contributed by atoms with van der Waals surface area (Å²) in [6.07, 6.45) is 3.18. The Hall–Kier alpha value is -1.62.